The minimum atomic E-state index is -0.210. The Morgan fingerprint density at radius 1 is 1.00 bits per heavy atom. The zero-order valence-corrected chi connectivity index (χ0v) is 7.16. The fourth-order valence-electron chi connectivity index (χ4n) is 2.84. The van der Waals surface area contributed by atoms with Crippen LogP contribution in [0.15, 0.2) is 12.2 Å². The molecule has 2 bridgehead atoms. The molecule has 2 atom stereocenters. The van der Waals surface area contributed by atoms with Crippen molar-refractivity contribution in [1.82, 2.24) is 0 Å². The lowest BCUT2D eigenvalue weighted by Gasteiger charge is -2.38. The van der Waals surface area contributed by atoms with E-state index in [0.29, 0.717) is 11.8 Å². The second-order valence-corrected chi connectivity index (χ2v) is 3.95. The van der Waals surface area contributed by atoms with E-state index in [1.165, 1.54) is 19.3 Å². The molecule has 12 heavy (non-hydrogen) atoms. The largest absolute Gasteiger partial charge is 0.346 e. The highest BCUT2D eigenvalue weighted by atomic mass is 16.7. The molecular weight excluding hydrogens is 152 g/mol. The first-order valence-corrected chi connectivity index (χ1v) is 4.88. The van der Waals surface area contributed by atoms with Crippen molar-refractivity contribution in [1.29, 1.82) is 0 Å². The van der Waals surface area contributed by atoms with Crippen molar-refractivity contribution in [3.05, 3.63) is 12.2 Å². The predicted molar refractivity (Wildman–Crippen MR) is 44.6 cm³/mol. The maximum absolute atomic E-state index is 5.78. The van der Waals surface area contributed by atoms with Crippen LogP contribution in [0.3, 0.4) is 0 Å². The van der Waals surface area contributed by atoms with Crippen LogP contribution in [0.1, 0.15) is 19.3 Å². The highest BCUT2D eigenvalue weighted by Gasteiger charge is 2.53. The third-order valence-corrected chi connectivity index (χ3v) is 3.38. The average Bonchev–Trinajstić information content (AvgIpc) is 2.59. The second-order valence-electron chi connectivity index (χ2n) is 3.95. The van der Waals surface area contributed by atoms with Gasteiger partial charge in [-0.25, -0.2) is 0 Å². The van der Waals surface area contributed by atoms with E-state index in [-0.39, 0.29) is 5.79 Å². The third-order valence-electron chi connectivity index (χ3n) is 3.38. The standard InChI is InChI=1S/C10H14O2/c1-2-8-4-5-9(3-1)10(8)11-6-7-12-10/h4-5,8-9H,1-3,6-7H2. The SMILES string of the molecule is C1=CC2CCCC1C21OCCO1. The van der Waals surface area contributed by atoms with Crippen molar-refractivity contribution in [2.75, 3.05) is 13.2 Å². The third kappa shape index (κ3) is 0.723. The van der Waals surface area contributed by atoms with Gasteiger partial charge in [-0.15, -0.1) is 0 Å². The summed E-state index contributed by atoms with van der Waals surface area (Å²) in [6, 6.07) is 0. The van der Waals surface area contributed by atoms with E-state index in [1.807, 2.05) is 0 Å². The van der Waals surface area contributed by atoms with E-state index in [1.54, 1.807) is 0 Å². The predicted octanol–water partition coefficient (Wildman–Crippen LogP) is 1.72. The molecule has 2 unspecified atom stereocenters. The summed E-state index contributed by atoms with van der Waals surface area (Å²) in [7, 11) is 0. The molecule has 1 saturated carbocycles. The Bertz CT molecular complexity index is 200. The first-order valence-electron chi connectivity index (χ1n) is 4.88. The van der Waals surface area contributed by atoms with E-state index in [0.717, 1.165) is 13.2 Å². The average molecular weight is 166 g/mol. The first kappa shape index (κ1) is 7.10. The Morgan fingerprint density at radius 2 is 1.58 bits per heavy atom. The summed E-state index contributed by atoms with van der Waals surface area (Å²) >= 11 is 0. The quantitative estimate of drug-likeness (QED) is 0.510. The summed E-state index contributed by atoms with van der Waals surface area (Å²) in [5.41, 5.74) is 0. The lowest BCUT2D eigenvalue weighted by atomic mass is 9.81. The Hall–Kier alpha value is -0.340. The molecule has 3 rings (SSSR count). The monoisotopic (exact) mass is 166 g/mol. The van der Waals surface area contributed by atoms with Crippen LogP contribution in [-0.2, 0) is 9.47 Å². The smallest absolute Gasteiger partial charge is 0.180 e. The van der Waals surface area contributed by atoms with Gasteiger partial charge in [-0.2, -0.15) is 0 Å². The molecule has 3 aliphatic rings. The summed E-state index contributed by atoms with van der Waals surface area (Å²) in [5, 5.41) is 0. The van der Waals surface area contributed by atoms with Crippen LogP contribution < -0.4 is 0 Å². The molecule has 2 fully saturated rings. The topological polar surface area (TPSA) is 18.5 Å². The van der Waals surface area contributed by atoms with Gasteiger partial charge in [0.2, 0.25) is 0 Å². The van der Waals surface area contributed by atoms with Gasteiger partial charge in [0, 0.05) is 11.8 Å². The summed E-state index contributed by atoms with van der Waals surface area (Å²) < 4.78 is 11.6. The summed E-state index contributed by atoms with van der Waals surface area (Å²) in [4.78, 5) is 0. The Morgan fingerprint density at radius 3 is 2.17 bits per heavy atom. The summed E-state index contributed by atoms with van der Waals surface area (Å²) in [6.45, 7) is 1.57. The van der Waals surface area contributed by atoms with Gasteiger partial charge in [-0.05, 0) is 12.8 Å². The fraction of sp³-hybridized carbons (Fsp3) is 0.800. The van der Waals surface area contributed by atoms with Crippen LogP contribution >= 0.6 is 0 Å². The number of rotatable bonds is 0. The van der Waals surface area contributed by atoms with Crippen molar-refractivity contribution >= 4 is 0 Å². The maximum atomic E-state index is 5.78. The molecule has 0 aromatic carbocycles. The van der Waals surface area contributed by atoms with Gasteiger partial charge >= 0.3 is 0 Å². The van der Waals surface area contributed by atoms with E-state index < -0.39 is 0 Å². The second kappa shape index (κ2) is 2.33. The number of hydrogen-bond acceptors (Lipinski definition) is 2. The molecule has 0 N–H and O–H groups in total. The Labute approximate surface area is 72.5 Å². The van der Waals surface area contributed by atoms with Crippen LogP contribution in [-0.4, -0.2) is 19.0 Å². The Kier molecular flexibility index (Phi) is 1.38. The highest BCUT2D eigenvalue weighted by Crippen LogP contribution is 2.49. The molecular formula is C10H14O2. The highest BCUT2D eigenvalue weighted by molar-refractivity contribution is 5.15. The molecule has 66 valence electrons. The van der Waals surface area contributed by atoms with E-state index in [2.05, 4.69) is 12.2 Å². The fourth-order valence-corrected chi connectivity index (χ4v) is 2.84. The molecule has 0 amide bonds. The van der Waals surface area contributed by atoms with Crippen molar-refractivity contribution in [3.8, 4) is 0 Å². The molecule has 2 heteroatoms. The minimum absolute atomic E-state index is 0.210. The number of ether oxygens (including phenoxy) is 2. The molecule has 1 heterocycles. The molecule has 0 aromatic rings. The van der Waals surface area contributed by atoms with Crippen molar-refractivity contribution < 1.29 is 9.47 Å². The lowest BCUT2D eigenvalue weighted by Crippen LogP contribution is -2.44. The molecule has 1 aliphatic heterocycles. The van der Waals surface area contributed by atoms with Gasteiger partial charge in [-0.3, -0.25) is 0 Å². The lowest BCUT2D eigenvalue weighted by molar-refractivity contribution is -0.215. The van der Waals surface area contributed by atoms with Gasteiger partial charge in [0.15, 0.2) is 5.79 Å². The summed E-state index contributed by atoms with van der Waals surface area (Å²) in [6.07, 6.45) is 8.41. The molecule has 1 spiro atoms. The van der Waals surface area contributed by atoms with Crippen molar-refractivity contribution in [2.24, 2.45) is 11.8 Å². The van der Waals surface area contributed by atoms with Gasteiger partial charge < -0.3 is 9.47 Å². The first-order chi connectivity index (χ1) is 5.92. The minimum Gasteiger partial charge on any atom is -0.346 e. The van der Waals surface area contributed by atoms with E-state index in [4.69, 9.17) is 9.47 Å². The van der Waals surface area contributed by atoms with Gasteiger partial charge in [0.05, 0.1) is 13.2 Å². The van der Waals surface area contributed by atoms with Crippen LogP contribution in [0.5, 0.6) is 0 Å². The van der Waals surface area contributed by atoms with Crippen LogP contribution in [0.25, 0.3) is 0 Å². The molecule has 2 nitrogen and oxygen atoms in total. The zero-order chi connectivity index (χ0) is 8.02. The van der Waals surface area contributed by atoms with Crippen molar-refractivity contribution in [2.45, 2.75) is 25.0 Å². The normalized spacial score (nSPS) is 42.7. The van der Waals surface area contributed by atoms with Crippen LogP contribution in [0.2, 0.25) is 0 Å². The van der Waals surface area contributed by atoms with E-state index in [9.17, 15) is 0 Å². The molecule has 2 aliphatic carbocycles. The van der Waals surface area contributed by atoms with Gasteiger partial charge in [0.25, 0.3) is 0 Å². The van der Waals surface area contributed by atoms with E-state index >= 15 is 0 Å². The zero-order valence-electron chi connectivity index (χ0n) is 7.16. The maximum Gasteiger partial charge on any atom is 0.180 e. The van der Waals surface area contributed by atoms with Crippen LogP contribution in [0, 0.1) is 11.8 Å². The molecule has 0 aromatic heterocycles. The molecule has 1 saturated heterocycles. The van der Waals surface area contributed by atoms with Gasteiger partial charge in [-0.1, -0.05) is 18.6 Å². The summed E-state index contributed by atoms with van der Waals surface area (Å²) in [5.74, 6) is 0.871. The van der Waals surface area contributed by atoms with Crippen LogP contribution in [0.4, 0.5) is 0 Å². The van der Waals surface area contributed by atoms with Gasteiger partial charge in [0.1, 0.15) is 0 Å². The van der Waals surface area contributed by atoms with Crippen molar-refractivity contribution in [3.63, 3.8) is 0 Å². The Balaban J connectivity index is 1.95. The number of hydrogen-bond donors (Lipinski definition) is 0. The molecule has 0 radical (unpaired) electrons.